The minimum Gasteiger partial charge on any atom is -0.337 e. The van der Waals surface area contributed by atoms with Crippen LogP contribution in [0.5, 0.6) is 0 Å². The summed E-state index contributed by atoms with van der Waals surface area (Å²) in [5, 5.41) is 3.71. The number of aromatic nitrogens is 2. The van der Waals surface area contributed by atoms with Crippen molar-refractivity contribution in [1.82, 2.24) is 14.9 Å². The molecule has 0 aliphatic carbocycles. The van der Waals surface area contributed by atoms with E-state index in [4.69, 9.17) is 27.7 Å². The molecular weight excluding hydrogens is 484 g/mol. The maximum atomic E-state index is 13.0. The molecule has 0 aliphatic rings. The van der Waals surface area contributed by atoms with Gasteiger partial charge >= 0.3 is 0 Å². The lowest BCUT2D eigenvalue weighted by Crippen LogP contribution is -2.27. The van der Waals surface area contributed by atoms with E-state index < -0.39 is 21.9 Å². The quantitative estimate of drug-likeness (QED) is 0.540. The first-order valence-electron chi connectivity index (χ1n) is 7.44. The van der Waals surface area contributed by atoms with Gasteiger partial charge in [-0.1, -0.05) is 44.3 Å². The van der Waals surface area contributed by atoms with Crippen molar-refractivity contribution >= 4 is 49.2 Å². The molecule has 142 valence electrons. The molecule has 0 radical (unpaired) electrons. The average Bonchev–Trinajstić information content (AvgIpc) is 3.03. The highest BCUT2D eigenvalue weighted by atomic mass is 79.9. The zero-order valence-electron chi connectivity index (χ0n) is 13.6. The van der Waals surface area contributed by atoms with Gasteiger partial charge in [-0.15, -0.1) is 0 Å². The lowest BCUT2D eigenvalue weighted by Gasteiger charge is -2.13. The second-order valence-corrected chi connectivity index (χ2v) is 8.89. The van der Waals surface area contributed by atoms with E-state index in [2.05, 4.69) is 30.8 Å². The number of nitrogens with zero attached hydrogens (tertiary/aromatic N) is 2. The van der Waals surface area contributed by atoms with E-state index in [9.17, 15) is 12.8 Å². The molecule has 0 amide bonds. The molecule has 0 fully saturated rings. The number of sulfonamides is 1. The third-order valence-electron chi connectivity index (χ3n) is 3.48. The number of rotatable bonds is 5. The Balaban J connectivity index is 1.85. The van der Waals surface area contributed by atoms with Crippen LogP contribution in [0.25, 0.3) is 11.4 Å². The molecule has 1 atom stereocenters. The smallest absolute Gasteiger partial charge is 0.244 e. The minimum absolute atomic E-state index is 0.0299. The first-order chi connectivity index (χ1) is 12.7. The maximum absolute atomic E-state index is 13.0. The first kappa shape index (κ1) is 20.2. The van der Waals surface area contributed by atoms with Gasteiger partial charge < -0.3 is 4.52 Å². The third kappa shape index (κ3) is 4.49. The molecule has 27 heavy (non-hydrogen) atoms. The fourth-order valence-corrected chi connectivity index (χ4v) is 5.39. The van der Waals surface area contributed by atoms with Crippen LogP contribution in [-0.4, -0.2) is 18.6 Å². The van der Waals surface area contributed by atoms with Gasteiger partial charge in [0.05, 0.1) is 16.1 Å². The molecule has 0 bridgehead atoms. The Labute approximate surface area is 172 Å². The Morgan fingerprint density at radius 1 is 1.19 bits per heavy atom. The second kappa shape index (κ2) is 7.84. The molecule has 6 nitrogen and oxygen atoms in total. The van der Waals surface area contributed by atoms with Crippen molar-refractivity contribution in [1.29, 1.82) is 0 Å². The zero-order valence-corrected chi connectivity index (χ0v) is 17.5. The van der Waals surface area contributed by atoms with Gasteiger partial charge in [-0.2, -0.15) is 9.71 Å². The van der Waals surface area contributed by atoms with Crippen LogP contribution in [0.4, 0.5) is 4.39 Å². The first-order valence-corrected chi connectivity index (χ1v) is 10.5. The molecule has 0 spiro atoms. The summed E-state index contributed by atoms with van der Waals surface area (Å²) in [6, 6.07) is 7.48. The zero-order chi connectivity index (χ0) is 19.8. The van der Waals surface area contributed by atoms with Crippen molar-refractivity contribution in [2.45, 2.75) is 17.9 Å². The van der Waals surface area contributed by atoms with Gasteiger partial charge in [0, 0.05) is 10.0 Å². The molecule has 3 rings (SSSR count). The number of benzene rings is 2. The van der Waals surface area contributed by atoms with Crippen LogP contribution in [0.15, 0.2) is 50.3 Å². The Morgan fingerprint density at radius 2 is 1.78 bits per heavy atom. The summed E-state index contributed by atoms with van der Waals surface area (Å²) < 4.78 is 46.4. The Morgan fingerprint density at radius 3 is 2.37 bits per heavy atom. The van der Waals surface area contributed by atoms with E-state index in [0.717, 1.165) is 0 Å². The molecule has 0 saturated heterocycles. The largest absolute Gasteiger partial charge is 0.337 e. The van der Waals surface area contributed by atoms with E-state index in [1.54, 1.807) is 0 Å². The Kier molecular flexibility index (Phi) is 5.87. The van der Waals surface area contributed by atoms with Crippen molar-refractivity contribution in [3.63, 3.8) is 0 Å². The van der Waals surface area contributed by atoms with Gasteiger partial charge in [0.1, 0.15) is 10.7 Å². The monoisotopic (exact) mass is 493 g/mol. The number of nitrogens with one attached hydrogen (secondary N) is 1. The van der Waals surface area contributed by atoms with Crippen LogP contribution in [0.1, 0.15) is 18.9 Å². The predicted octanol–water partition coefficient (Wildman–Crippen LogP) is 4.98. The molecular formula is C16H11BrCl2FN3O3S. The SMILES string of the molecule is CC(NS(=O)(=O)c1c(Cl)cc(Br)cc1Cl)c1nc(-c2ccc(F)cc2)no1. The van der Waals surface area contributed by atoms with Crippen LogP contribution >= 0.6 is 39.1 Å². The fraction of sp³-hybridized carbons (Fsp3) is 0.125. The van der Waals surface area contributed by atoms with Crippen molar-refractivity contribution < 1.29 is 17.3 Å². The van der Waals surface area contributed by atoms with Gasteiger partial charge in [-0.3, -0.25) is 0 Å². The van der Waals surface area contributed by atoms with E-state index in [1.807, 2.05) is 0 Å². The molecule has 1 unspecified atom stereocenters. The molecule has 0 saturated carbocycles. The van der Waals surface area contributed by atoms with Crippen molar-refractivity contribution in [3.8, 4) is 11.4 Å². The fourth-order valence-electron chi connectivity index (χ4n) is 2.26. The standard InChI is InChI=1S/C16H11BrCl2FN3O3S/c1-8(16-21-15(22-26-16)9-2-4-11(20)5-3-9)23-27(24,25)14-12(18)6-10(17)7-13(14)19/h2-8,23H,1H3. The second-order valence-electron chi connectivity index (χ2n) is 5.50. The summed E-state index contributed by atoms with van der Waals surface area (Å²) in [6.45, 7) is 1.53. The molecule has 3 aromatic rings. The Bertz CT molecular complexity index is 1070. The maximum Gasteiger partial charge on any atom is 0.244 e. The third-order valence-corrected chi connectivity index (χ3v) is 6.40. The lowest BCUT2D eigenvalue weighted by atomic mass is 10.2. The highest BCUT2D eigenvalue weighted by Crippen LogP contribution is 2.33. The van der Waals surface area contributed by atoms with Gasteiger partial charge in [0.2, 0.25) is 21.7 Å². The number of hydrogen-bond acceptors (Lipinski definition) is 5. The summed E-state index contributed by atoms with van der Waals surface area (Å²) in [5.74, 6) is -0.162. The molecule has 2 aromatic carbocycles. The van der Waals surface area contributed by atoms with Crippen LogP contribution in [0, 0.1) is 5.82 Å². The van der Waals surface area contributed by atoms with Crippen LogP contribution in [-0.2, 0) is 10.0 Å². The highest BCUT2D eigenvalue weighted by Gasteiger charge is 2.27. The summed E-state index contributed by atoms with van der Waals surface area (Å²) in [7, 11) is -4.06. The normalized spacial score (nSPS) is 12.9. The molecule has 1 aromatic heterocycles. The van der Waals surface area contributed by atoms with Gasteiger partial charge in [-0.05, 0) is 43.3 Å². The Hall–Kier alpha value is -1.52. The number of halogens is 4. The topological polar surface area (TPSA) is 85.1 Å². The summed E-state index contributed by atoms with van der Waals surface area (Å²) >= 11 is 15.3. The van der Waals surface area contributed by atoms with Gasteiger partial charge in [0.15, 0.2) is 0 Å². The van der Waals surface area contributed by atoms with Crippen molar-refractivity contribution in [3.05, 3.63) is 62.6 Å². The highest BCUT2D eigenvalue weighted by molar-refractivity contribution is 9.10. The summed E-state index contributed by atoms with van der Waals surface area (Å²) in [6.07, 6.45) is 0. The van der Waals surface area contributed by atoms with E-state index in [1.165, 1.54) is 43.3 Å². The summed E-state index contributed by atoms with van der Waals surface area (Å²) in [5.41, 5.74) is 0.528. The lowest BCUT2D eigenvalue weighted by molar-refractivity contribution is 0.354. The molecule has 1 heterocycles. The number of hydrogen-bond donors (Lipinski definition) is 1. The van der Waals surface area contributed by atoms with Gasteiger partial charge in [-0.25, -0.2) is 12.8 Å². The molecule has 0 aliphatic heterocycles. The van der Waals surface area contributed by atoms with Gasteiger partial charge in [0.25, 0.3) is 0 Å². The predicted molar refractivity (Wildman–Crippen MR) is 103 cm³/mol. The molecule has 11 heteroatoms. The minimum atomic E-state index is -4.06. The van der Waals surface area contributed by atoms with Crippen LogP contribution in [0.2, 0.25) is 10.0 Å². The van der Waals surface area contributed by atoms with Crippen molar-refractivity contribution in [2.24, 2.45) is 0 Å². The van der Waals surface area contributed by atoms with E-state index in [-0.39, 0.29) is 26.7 Å². The van der Waals surface area contributed by atoms with Crippen LogP contribution < -0.4 is 4.72 Å². The van der Waals surface area contributed by atoms with E-state index >= 15 is 0 Å². The summed E-state index contributed by atoms with van der Waals surface area (Å²) in [4.78, 5) is 3.90. The average molecular weight is 495 g/mol. The molecule has 1 N–H and O–H groups in total. The van der Waals surface area contributed by atoms with Crippen LogP contribution in [0.3, 0.4) is 0 Å². The van der Waals surface area contributed by atoms with Crippen molar-refractivity contribution in [2.75, 3.05) is 0 Å². The van der Waals surface area contributed by atoms with E-state index in [0.29, 0.717) is 10.0 Å².